The molecule has 2 aliphatic heterocycles. The predicted molar refractivity (Wildman–Crippen MR) is 162 cm³/mol. The van der Waals surface area contributed by atoms with E-state index in [0.717, 1.165) is 24.0 Å². The number of methoxy groups -OCH3 is 2. The Bertz CT molecular complexity index is 1440. The van der Waals surface area contributed by atoms with E-state index in [9.17, 15) is 9.90 Å². The lowest BCUT2D eigenvalue weighted by molar-refractivity contribution is -0.193. The minimum atomic E-state index is -1.84. The van der Waals surface area contributed by atoms with Gasteiger partial charge < -0.3 is 33.5 Å². The Kier molecular flexibility index (Phi) is 9.35. The number of hydrogen-bond acceptors (Lipinski definition) is 8. The van der Waals surface area contributed by atoms with Gasteiger partial charge in [-0.3, -0.25) is 4.79 Å². The van der Waals surface area contributed by atoms with Crippen LogP contribution >= 0.6 is 0 Å². The first-order valence-electron chi connectivity index (χ1n) is 15.1. The monoisotopic (exact) mass is 590 g/mol. The van der Waals surface area contributed by atoms with Crippen molar-refractivity contribution in [3.05, 3.63) is 76.9 Å². The summed E-state index contributed by atoms with van der Waals surface area (Å²) in [6.07, 6.45) is 7.36. The highest BCUT2D eigenvalue weighted by atomic mass is 16.7. The van der Waals surface area contributed by atoms with Crippen LogP contribution in [0, 0.1) is 6.92 Å². The van der Waals surface area contributed by atoms with Gasteiger partial charge in [-0.25, -0.2) is 0 Å². The molecule has 3 aromatic carbocycles. The summed E-state index contributed by atoms with van der Waals surface area (Å²) in [5.41, 5.74) is 1.61. The van der Waals surface area contributed by atoms with Crippen LogP contribution in [0.1, 0.15) is 74.1 Å². The van der Waals surface area contributed by atoms with E-state index >= 15 is 0 Å². The van der Waals surface area contributed by atoms with Crippen molar-refractivity contribution in [3.63, 3.8) is 0 Å². The summed E-state index contributed by atoms with van der Waals surface area (Å²) in [6, 6.07) is 16.5. The number of esters is 1. The fourth-order valence-electron chi connectivity index (χ4n) is 6.06. The van der Waals surface area contributed by atoms with Gasteiger partial charge in [0.2, 0.25) is 12.6 Å². The van der Waals surface area contributed by atoms with Crippen LogP contribution in [0.4, 0.5) is 0 Å². The molecule has 0 bridgehead atoms. The fourth-order valence-corrected chi connectivity index (χ4v) is 6.06. The molecule has 5 rings (SSSR count). The van der Waals surface area contributed by atoms with Crippen LogP contribution in [0.15, 0.2) is 54.6 Å². The summed E-state index contributed by atoms with van der Waals surface area (Å²) >= 11 is 0. The molecule has 0 aromatic heterocycles. The summed E-state index contributed by atoms with van der Waals surface area (Å²) < 4.78 is 34.2. The van der Waals surface area contributed by atoms with Crippen LogP contribution in [0.5, 0.6) is 28.7 Å². The Balaban J connectivity index is 1.43. The van der Waals surface area contributed by atoms with Crippen molar-refractivity contribution in [2.24, 2.45) is 0 Å². The van der Waals surface area contributed by atoms with Crippen LogP contribution in [0.2, 0.25) is 0 Å². The number of aryl methyl sites for hydroxylation is 1. The molecule has 2 unspecified atom stereocenters. The largest absolute Gasteiger partial charge is 0.496 e. The molecule has 0 spiro atoms. The Morgan fingerprint density at radius 3 is 2.30 bits per heavy atom. The van der Waals surface area contributed by atoms with E-state index < -0.39 is 17.2 Å². The maximum atomic E-state index is 14.0. The first-order chi connectivity index (χ1) is 20.8. The first kappa shape index (κ1) is 30.5. The summed E-state index contributed by atoms with van der Waals surface area (Å²) in [5, 5.41) is 11.8. The number of fused-ring (bicyclic) bond motifs is 1. The number of unbranched alkanes of at least 4 members (excludes halogenated alkanes) is 5. The molecule has 230 valence electrons. The van der Waals surface area contributed by atoms with E-state index in [4.69, 9.17) is 28.4 Å². The number of hydrogen-bond donors (Lipinski definition) is 1. The number of cyclic esters (lactones) is 1. The van der Waals surface area contributed by atoms with Gasteiger partial charge in [-0.05, 0) is 78.9 Å². The Morgan fingerprint density at radius 2 is 1.53 bits per heavy atom. The maximum Gasteiger partial charge on any atom is 0.319 e. The minimum Gasteiger partial charge on any atom is -0.496 e. The molecular weight excluding hydrogens is 548 g/mol. The van der Waals surface area contributed by atoms with Crippen LogP contribution in [0.25, 0.3) is 0 Å². The van der Waals surface area contributed by atoms with Crippen molar-refractivity contribution in [1.29, 1.82) is 0 Å². The molecule has 43 heavy (non-hydrogen) atoms. The van der Waals surface area contributed by atoms with Gasteiger partial charge >= 0.3 is 5.97 Å². The number of aliphatic hydroxyl groups is 1. The summed E-state index contributed by atoms with van der Waals surface area (Å²) in [5.74, 6) is 0.743. The van der Waals surface area contributed by atoms with Gasteiger partial charge in [0.25, 0.3) is 0 Å². The topological polar surface area (TPSA) is 92.7 Å². The van der Waals surface area contributed by atoms with Crippen molar-refractivity contribution in [2.45, 2.75) is 76.4 Å². The summed E-state index contributed by atoms with van der Waals surface area (Å²) in [4.78, 5) is 14.0. The quantitative estimate of drug-likeness (QED) is 0.163. The van der Waals surface area contributed by atoms with E-state index in [2.05, 4.69) is 6.92 Å². The number of ether oxygens (including phenoxy) is 6. The Labute approximate surface area is 253 Å². The van der Waals surface area contributed by atoms with Crippen LogP contribution in [-0.2, 0) is 27.2 Å². The highest BCUT2D eigenvalue weighted by Crippen LogP contribution is 2.51. The molecule has 0 amide bonds. The smallest absolute Gasteiger partial charge is 0.319 e. The maximum absolute atomic E-state index is 14.0. The molecule has 0 aliphatic carbocycles. The number of carbonyl (C=O) groups excluding carboxylic acids is 1. The van der Waals surface area contributed by atoms with Gasteiger partial charge in [-0.1, -0.05) is 51.2 Å². The second kappa shape index (κ2) is 13.2. The van der Waals surface area contributed by atoms with Gasteiger partial charge in [0.1, 0.15) is 11.2 Å². The lowest BCUT2D eigenvalue weighted by Gasteiger charge is -2.28. The second-order valence-corrected chi connectivity index (χ2v) is 11.5. The predicted octanol–water partition coefficient (Wildman–Crippen LogP) is 6.75. The fraction of sp³-hybridized carbons (Fsp3) is 0.457. The highest BCUT2D eigenvalue weighted by Gasteiger charge is 2.58. The molecule has 1 N–H and O–H groups in total. The lowest BCUT2D eigenvalue weighted by atomic mass is 9.72. The number of rotatable bonds is 14. The van der Waals surface area contributed by atoms with Gasteiger partial charge in [0.05, 0.1) is 20.8 Å². The second-order valence-electron chi connectivity index (χ2n) is 11.5. The van der Waals surface area contributed by atoms with Gasteiger partial charge in [0.15, 0.2) is 23.0 Å². The summed E-state index contributed by atoms with van der Waals surface area (Å²) in [7, 11) is 3.20. The van der Waals surface area contributed by atoms with E-state index in [1.165, 1.54) is 25.7 Å². The molecule has 2 aliphatic rings. The van der Waals surface area contributed by atoms with E-state index in [1.54, 1.807) is 38.5 Å². The minimum absolute atomic E-state index is 0.00282. The van der Waals surface area contributed by atoms with Crippen molar-refractivity contribution in [2.75, 3.05) is 27.6 Å². The normalized spacial score (nSPS) is 20.6. The summed E-state index contributed by atoms with van der Waals surface area (Å²) in [6.45, 7) is 4.83. The zero-order valence-corrected chi connectivity index (χ0v) is 25.6. The Morgan fingerprint density at radius 1 is 0.814 bits per heavy atom. The Hall–Kier alpha value is -3.91. The van der Waals surface area contributed by atoms with Crippen molar-refractivity contribution >= 4 is 5.97 Å². The molecule has 1 fully saturated rings. The first-order valence-corrected chi connectivity index (χ1v) is 15.1. The van der Waals surface area contributed by atoms with Crippen molar-refractivity contribution in [1.82, 2.24) is 0 Å². The van der Waals surface area contributed by atoms with E-state index in [-0.39, 0.29) is 19.6 Å². The average Bonchev–Trinajstić information content (AvgIpc) is 3.59. The molecule has 8 heteroatoms. The molecule has 8 nitrogen and oxygen atoms in total. The molecule has 0 radical (unpaired) electrons. The number of carbonyl (C=O) groups is 1. The van der Waals surface area contributed by atoms with Crippen molar-refractivity contribution < 1.29 is 38.3 Å². The lowest BCUT2D eigenvalue weighted by Crippen LogP contribution is -2.35. The van der Waals surface area contributed by atoms with Crippen LogP contribution in [-0.4, -0.2) is 38.7 Å². The SMILES string of the molecule is CCCCCCCCOc1ccc(CC2(c3ccc4c(c3)OCO4)CC(O)(c3ccc(OC)c(C)c3)OC2=O)cc1OC. The van der Waals surface area contributed by atoms with Crippen LogP contribution < -0.4 is 23.7 Å². The average molecular weight is 591 g/mol. The van der Waals surface area contributed by atoms with Gasteiger partial charge in [0, 0.05) is 12.0 Å². The zero-order valence-electron chi connectivity index (χ0n) is 25.6. The molecule has 1 saturated heterocycles. The molecule has 3 aromatic rings. The van der Waals surface area contributed by atoms with E-state index in [0.29, 0.717) is 46.5 Å². The third kappa shape index (κ3) is 6.39. The molecule has 2 heterocycles. The van der Waals surface area contributed by atoms with Gasteiger partial charge in [-0.2, -0.15) is 0 Å². The van der Waals surface area contributed by atoms with E-state index in [1.807, 2.05) is 37.3 Å². The molecule has 2 atom stereocenters. The molecule has 0 saturated carbocycles. The van der Waals surface area contributed by atoms with Crippen molar-refractivity contribution in [3.8, 4) is 28.7 Å². The standard InChI is InChI=1S/C35H42O8/c1-5-6-7-8-9-10-17-40-29-14-11-25(19-31(29)39-4)21-34(26-12-16-30-32(20-26)42-23-41-30)22-35(37,43-33(34)36)27-13-15-28(38-3)24(2)18-27/h11-16,18-20,37H,5-10,17,21-23H2,1-4H3. The van der Waals surface area contributed by atoms with Crippen LogP contribution in [0.3, 0.4) is 0 Å². The van der Waals surface area contributed by atoms with Gasteiger partial charge in [-0.15, -0.1) is 0 Å². The zero-order chi connectivity index (χ0) is 30.5. The number of benzene rings is 3. The third-order valence-electron chi connectivity index (χ3n) is 8.45. The highest BCUT2D eigenvalue weighted by molar-refractivity contribution is 5.87. The third-order valence-corrected chi connectivity index (χ3v) is 8.45. The molecular formula is C35H42O8.